The Hall–Kier alpha value is -3.48. The summed E-state index contributed by atoms with van der Waals surface area (Å²) >= 11 is 0. The lowest BCUT2D eigenvalue weighted by Crippen LogP contribution is -2.13. The van der Waals surface area contributed by atoms with Gasteiger partial charge < -0.3 is 15.5 Å². The quantitative estimate of drug-likeness (QED) is 0.620. The van der Waals surface area contributed by atoms with Gasteiger partial charge in [-0.2, -0.15) is 0 Å². The topological polar surface area (TPSA) is 82.5 Å². The molecule has 0 bridgehead atoms. The van der Waals surface area contributed by atoms with Gasteiger partial charge in [0.25, 0.3) is 5.91 Å². The fourth-order valence-corrected chi connectivity index (χ4v) is 2.50. The van der Waals surface area contributed by atoms with Crippen LogP contribution in [-0.2, 0) is 0 Å². The number of anilines is 1. The van der Waals surface area contributed by atoms with Crippen molar-refractivity contribution in [2.75, 3.05) is 5.32 Å². The van der Waals surface area contributed by atoms with Gasteiger partial charge in [-0.3, -0.25) is 9.78 Å². The van der Waals surface area contributed by atoms with E-state index < -0.39 is 23.3 Å². The van der Waals surface area contributed by atoms with Crippen molar-refractivity contribution in [1.82, 2.24) is 4.98 Å². The van der Waals surface area contributed by atoms with Crippen LogP contribution in [0.3, 0.4) is 0 Å². The van der Waals surface area contributed by atoms with E-state index in [2.05, 4.69) is 10.3 Å². The van der Waals surface area contributed by atoms with Gasteiger partial charge in [-0.05, 0) is 36.8 Å². The Morgan fingerprint density at radius 2 is 1.77 bits per heavy atom. The minimum absolute atomic E-state index is 0.105. The molecule has 5 nitrogen and oxygen atoms in total. The van der Waals surface area contributed by atoms with Crippen molar-refractivity contribution in [1.29, 1.82) is 0 Å². The van der Waals surface area contributed by atoms with Gasteiger partial charge in [-0.1, -0.05) is 12.1 Å². The fraction of sp³-hybridized carbons (Fsp3) is 0.0526. The van der Waals surface area contributed by atoms with Crippen molar-refractivity contribution in [3.05, 3.63) is 71.6 Å². The van der Waals surface area contributed by atoms with Crippen LogP contribution in [0, 0.1) is 18.6 Å². The zero-order chi connectivity index (χ0) is 18.8. The predicted octanol–water partition coefficient (Wildman–Crippen LogP) is 4.00. The van der Waals surface area contributed by atoms with Crippen LogP contribution in [0.15, 0.2) is 48.7 Å². The van der Waals surface area contributed by atoms with Gasteiger partial charge in [0.1, 0.15) is 17.1 Å². The molecular weight excluding hydrogens is 342 g/mol. The SMILES string of the molecule is Cc1ncc(C(=O)Nc2ccc(O)c(F)c2)c(O)c1-c1ccc(F)cc1. The predicted molar refractivity (Wildman–Crippen MR) is 92.1 cm³/mol. The maximum Gasteiger partial charge on any atom is 0.261 e. The molecule has 0 fully saturated rings. The van der Waals surface area contributed by atoms with Gasteiger partial charge in [-0.25, -0.2) is 8.78 Å². The minimum Gasteiger partial charge on any atom is -0.506 e. The first-order valence-electron chi connectivity index (χ1n) is 7.61. The maximum absolute atomic E-state index is 13.4. The molecule has 132 valence electrons. The summed E-state index contributed by atoms with van der Waals surface area (Å²) in [6.45, 7) is 1.65. The first kappa shape index (κ1) is 17.3. The molecule has 0 atom stereocenters. The molecule has 0 aliphatic rings. The molecule has 1 aromatic heterocycles. The van der Waals surface area contributed by atoms with E-state index >= 15 is 0 Å². The molecule has 3 N–H and O–H groups in total. The van der Waals surface area contributed by atoms with Crippen LogP contribution in [0.4, 0.5) is 14.5 Å². The van der Waals surface area contributed by atoms with Gasteiger partial charge in [0.2, 0.25) is 0 Å². The second-order valence-corrected chi connectivity index (χ2v) is 5.61. The standard InChI is InChI=1S/C19H14F2N2O3/c1-10-17(11-2-4-12(20)5-3-11)18(25)14(9-22-10)19(26)23-13-6-7-16(24)15(21)8-13/h2-9,24H,1H3,(H,22,25)(H,23,26). The van der Waals surface area contributed by atoms with E-state index in [1.165, 1.54) is 36.5 Å². The van der Waals surface area contributed by atoms with E-state index in [0.717, 1.165) is 12.1 Å². The summed E-state index contributed by atoms with van der Waals surface area (Å²) in [6, 6.07) is 8.78. The molecule has 2 aromatic carbocycles. The Balaban J connectivity index is 1.97. The van der Waals surface area contributed by atoms with Crippen molar-refractivity contribution in [3.8, 4) is 22.6 Å². The van der Waals surface area contributed by atoms with Crippen molar-refractivity contribution in [3.63, 3.8) is 0 Å². The Morgan fingerprint density at radius 3 is 2.42 bits per heavy atom. The van der Waals surface area contributed by atoms with Crippen LogP contribution in [0.25, 0.3) is 11.1 Å². The molecule has 0 spiro atoms. The van der Waals surface area contributed by atoms with Gasteiger partial charge in [0, 0.05) is 29.2 Å². The number of aryl methyl sites for hydroxylation is 1. The average molecular weight is 356 g/mol. The van der Waals surface area contributed by atoms with Crippen LogP contribution >= 0.6 is 0 Å². The molecule has 1 amide bonds. The van der Waals surface area contributed by atoms with E-state index in [-0.39, 0.29) is 17.0 Å². The van der Waals surface area contributed by atoms with Crippen molar-refractivity contribution in [2.24, 2.45) is 0 Å². The zero-order valence-corrected chi connectivity index (χ0v) is 13.6. The lowest BCUT2D eigenvalue weighted by molar-refractivity contribution is 0.102. The van der Waals surface area contributed by atoms with Crippen LogP contribution in [-0.4, -0.2) is 21.1 Å². The van der Waals surface area contributed by atoms with Gasteiger partial charge in [-0.15, -0.1) is 0 Å². The van der Waals surface area contributed by atoms with E-state index in [1.54, 1.807) is 6.92 Å². The number of aromatic nitrogens is 1. The highest BCUT2D eigenvalue weighted by atomic mass is 19.1. The molecule has 0 radical (unpaired) electrons. The highest BCUT2D eigenvalue weighted by Crippen LogP contribution is 2.34. The van der Waals surface area contributed by atoms with E-state index in [4.69, 9.17) is 0 Å². The summed E-state index contributed by atoms with van der Waals surface area (Å²) in [6.07, 6.45) is 1.20. The molecule has 3 rings (SSSR count). The number of pyridine rings is 1. The van der Waals surface area contributed by atoms with Crippen LogP contribution in [0.5, 0.6) is 11.5 Å². The number of phenols is 1. The number of benzene rings is 2. The third-order valence-corrected chi connectivity index (χ3v) is 3.82. The second kappa shape index (κ2) is 6.79. The molecule has 3 aromatic rings. The Morgan fingerprint density at radius 1 is 1.08 bits per heavy atom. The molecule has 1 heterocycles. The Bertz CT molecular complexity index is 989. The number of carbonyl (C=O) groups is 1. The maximum atomic E-state index is 13.4. The number of aromatic hydroxyl groups is 2. The number of carbonyl (C=O) groups excluding carboxylic acids is 1. The van der Waals surface area contributed by atoms with Gasteiger partial charge >= 0.3 is 0 Å². The van der Waals surface area contributed by atoms with E-state index in [1.807, 2.05) is 0 Å². The summed E-state index contributed by atoms with van der Waals surface area (Å²) < 4.78 is 26.5. The number of phenolic OH excluding ortho intramolecular Hbond substituents is 1. The summed E-state index contributed by atoms with van der Waals surface area (Å²) in [5, 5.41) is 22.1. The highest BCUT2D eigenvalue weighted by molar-refractivity contribution is 6.07. The lowest BCUT2D eigenvalue weighted by Gasteiger charge is -2.13. The van der Waals surface area contributed by atoms with Crippen LogP contribution in [0.2, 0.25) is 0 Å². The molecule has 7 heteroatoms. The van der Waals surface area contributed by atoms with Crippen LogP contribution < -0.4 is 5.32 Å². The smallest absolute Gasteiger partial charge is 0.261 e. The Kier molecular flexibility index (Phi) is 4.53. The molecule has 0 saturated carbocycles. The van der Waals surface area contributed by atoms with Gasteiger partial charge in [0.15, 0.2) is 11.6 Å². The number of nitrogens with one attached hydrogen (secondary N) is 1. The number of amides is 1. The number of nitrogens with zero attached hydrogens (tertiary/aromatic N) is 1. The number of rotatable bonds is 3. The number of hydrogen-bond acceptors (Lipinski definition) is 4. The van der Waals surface area contributed by atoms with Crippen molar-refractivity contribution < 1.29 is 23.8 Å². The van der Waals surface area contributed by atoms with Crippen LogP contribution in [0.1, 0.15) is 16.1 Å². The third kappa shape index (κ3) is 3.32. The number of hydrogen-bond donors (Lipinski definition) is 3. The molecule has 0 aliphatic heterocycles. The summed E-state index contributed by atoms with van der Waals surface area (Å²) in [7, 11) is 0. The first-order valence-corrected chi connectivity index (χ1v) is 7.61. The fourth-order valence-electron chi connectivity index (χ4n) is 2.50. The Labute approximate surface area is 147 Å². The van der Waals surface area contributed by atoms with E-state index in [9.17, 15) is 23.8 Å². The summed E-state index contributed by atoms with van der Waals surface area (Å²) in [5.74, 6) is -2.88. The largest absolute Gasteiger partial charge is 0.506 e. The monoisotopic (exact) mass is 356 g/mol. The van der Waals surface area contributed by atoms with Gasteiger partial charge in [0.05, 0.1) is 0 Å². The van der Waals surface area contributed by atoms with E-state index in [0.29, 0.717) is 16.8 Å². The molecule has 0 unspecified atom stereocenters. The van der Waals surface area contributed by atoms with Crippen molar-refractivity contribution >= 4 is 11.6 Å². The molecule has 0 saturated heterocycles. The van der Waals surface area contributed by atoms with Crippen molar-refractivity contribution in [2.45, 2.75) is 6.92 Å². The molecular formula is C19H14F2N2O3. The highest BCUT2D eigenvalue weighted by Gasteiger charge is 2.19. The molecule has 26 heavy (non-hydrogen) atoms. The normalized spacial score (nSPS) is 10.6. The number of halogens is 2. The third-order valence-electron chi connectivity index (χ3n) is 3.82. The average Bonchev–Trinajstić information content (AvgIpc) is 2.60. The summed E-state index contributed by atoms with van der Waals surface area (Å²) in [4.78, 5) is 16.5. The summed E-state index contributed by atoms with van der Waals surface area (Å²) in [5.41, 5.74) is 1.24. The molecule has 0 aliphatic carbocycles. The first-order chi connectivity index (χ1) is 12.4. The second-order valence-electron chi connectivity index (χ2n) is 5.61. The lowest BCUT2D eigenvalue weighted by atomic mass is 10.0. The zero-order valence-electron chi connectivity index (χ0n) is 13.6. The minimum atomic E-state index is -0.888.